The molecule has 1 N–H and O–H groups in total. The van der Waals surface area contributed by atoms with Crippen molar-refractivity contribution in [1.29, 1.82) is 0 Å². The molecule has 0 aliphatic rings. The Kier molecular flexibility index (Phi) is 1.58. The van der Waals surface area contributed by atoms with E-state index < -0.39 is 0 Å². The molecule has 1 aromatic heterocycles. The fourth-order valence-electron chi connectivity index (χ4n) is 0.348. The van der Waals surface area contributed by atoms with Gasteiger partial charge in [-0.1, -0.05) is 0 Å². The maximum atomic E-state index is 9.74. The van der Waals surface area contributed by atoms with Crippen LogP contribution < -0.4 is 5.32 Å². The summed E-state index contributed by atoms with van der Waals surface area (Å²) in [6.07, 6.45) is 2.27. The molecule has 0 aliphatic heterocycles. The zero-order valence-corrected chi connectivity index (χ0v) is 4.81. The smallest absolute Gasteiger partial charge is 0.212 e. The lowest BCUT2D eigenvalue weighted by Gasteiger charge is -1.83. The van der Waals surface area contributed by atoms with Crippen LogP contribution in [0.5, 0.6) is 0 Å². The van der Waals surface area contributed by atoms with Crippen molar-refractivity contribution in [2.24, 2.45) is 0 Å². The minimum absolute atomic E-state index is 0.632. The van der Waals surface area contributed by atoms with Gasteiger partial charge >= 0.3 is 0 Å². The first-order valence-corrected chi connectivity index (χ1v) is 2.81. The molecule has 0 radical (unpaired) electrons. The van der Waals surface area contributed by atoms with Gasteiger partial charge in [-0.15, -0.1) is 0 Å². The van der Waals surface area contributed by atoms with Gasteiger partial charge in [0.1, 0.15) is 5.00 Å². The molecule has 0 spiro atoms. The normalized spacial score (nSPS) is 8.50. The van der Waals surface area contributed by atoms with Gasteiger partial charge in [-0.05, 0) is 17.6 Å². The highest BCUT2D eigenvalue weighted by Crippen LogP contribution is 2.08. The number of nitrogens with one attached hydrogen (secondary N) is 1. The summed E-state index contributed by atoms with van der Waals surface area (Å²) in [5, 5.41) is 3.24. The molecule has 1 heterocycles. The summed E-state index contributed by atoms with van der Waals surface area (Å²) in [4.78, 5) is 9.74. The Labute approximate surface area is 50.5 Å². The van der Waals surface area contributed by atoms with E-state index in [-0.39, 0.29) is 0 Å². The van der Waals surface area contributed by atoms with Crippen molar-refractivity contribution in [2.45, 2.75) is 0 Å². The molecule has 1 amide bonds. The molecule has 0 saturated heterocycles. The summed E-state index contributed by atoms with van der Waals surface area (Å²) in [5.74, 6) is 0. The van der Waals surface area contributed by atoms with Crippen molar-refractivity contribution in [3.05, 3.63) is 12.3 Å². The number of hydrogen-bond acceptors (Lipinski definition) is 3. The number of hydrogen-bond donors (Lipinski definition) is 1. The first-order valence-electron chi connectivity index (χ1n) is 2.04. The molecule has 0 atom stereocenters. The van der Waals surface area contributed by atoms with Crippen LogP contribution in [-0.4, -0.2) is 10.8 Å². The third kappa shape index (κ3) is 1.04. The zero-order chi connectivity index (χ0) is 5.82. The number of nitrogens with zero attached hydrogens (tertiary/aromatic N) is 1. The first-order chi connectivity index (χ1) is 3.93. The summed E-state index contributed by atoms with van der Waals surface area (Å²) >= 11 is 1.26. The Morgan fingerprint density at radius 2 is 2.75 bits per heavy atom. The third-order valence-corrected chi connectivity index (χ3v) is 1.32. The maximum absolute atomic E-state index is 9.74. The Bertz CT molecular complexity index is 161. The molecule has 1 rings (SSSR count). The van der Waals surface area contributed by atoms with Gasteiger partial charge in [0.15, 0.2) is 0 Å². The molecular weight excluding hydrogens is 124 g/mol. The number of carbonyl (C=O) groups excluding carboxylic acids is 1. The van der Waals surface area contributed by atoms with E-state index >= 15 is 0 Å². The molecule has 42 valence electrons. The quantitative estimate of drug-likeness (QED) is 0.596. The second-order valence-corrected chi connectivity index (χ2v) is 1.97. The number of aromatic nitrogens is 1. The topological polar surface area (TPSA) is 42.0 Å². The average Bonchev–Trinajstić information content (AvgIpc) is 2.19. The number of amides is 1. The molecule has 4 heteroatoms. The van der Waals surface area contributed by atoms with E-state index in [2.05, 4.69) is 9.69 Å². The molecule has 0 aromatic carbocycles. The van der Waals surface area contributed by atoms with Crippen molar-refractivity contribution in [1.82, 2.24) is 4.37 Å². The van der Waals surface area contributed by atoms with Crippen molar-refractivity contribution < 1.29 is 4.79 Å². The van der Waals surface area contributed by atoms with Crippen LogP contribution in [0.2, 0.25) is 0 Å². The van der Waals surface area contributed by atoms with Crippen LogP contribution in [0.1, 0.15) is 0 Å². The molecule has 0 saturated carbocycles. The molecule has 8 heavy (non-hydrogen) atoms. The molecule has 0 unspecified atom stereocenters. The standard InChI is InChI=1S/C4H4N2OS/c7-3-5-4-1-2-6-8-4/h1-3H,(H,5,7). The summed E-state index contributed by atoms with van der Waals surface area (Å²) in [7, 11) is 0. The van der Waals surface area contributed by atoms with E-state index in [0.29, 0.717) is 6.41 Å². The van der Waals surface area contributed by atoms with Crippen LogP contribution in [0.15, 0.2) is 12.3 Å². The first kappa shape index (κ1) is 5.24. The Morgan fingerprint density at radius 1 is 1.88 bits per heavy atom. The predicted octanol–water partition coefficient (Wildman–Crippen LogP) is 0.711. The summed E-state index contributed by atoms with van der Waals surface area (Å²) < 4.78 is 3.76. The van der Waals surface area contributed by atoms with Gasteiger partial charge < -0.3 is 5.32 Å². The van der Waals surface area contributed by atoms with Crippen LogP contribution in [-0.2, 0) is 4.79 Å². The van der Waals surface area contributed by atoms with Crippen molar-refractivity contribution in [2.75, 3.05) is 5.32 Å². The fraction of sp³-hybridized carbons (Fsp3) is 0. The van der Waals surface area contributed by atoms with E-state index in [1.165, 1.54) is 11.5 Å². The molecular formula is C4H4N2OS. The molecule has 1 aromatic rings. The van der Waals surface area contributed by atoms with Gasteiger partial charge in [0, 0.05) is 6.20 Å². The van der Waals surface area contributed by atoms with Crippen molar-refractivity contribution >= 4 is 22.9 Å². The van der Waals surface area contributed by atoms with Crippen LogP contribution in [0.3, 0.4) is 0 Å². The molecule has 3 nitrogen and oxygen atoms in total. The second-order valence-electron chi connectivity index (χ2n) is 1.14. The van der Waals surface area contributed by atoms with Gasteiger partial charge in [0.05, 0.1) is 0 Å². The number of anilines is 1. The maximum Gasteiger partial charge on any atom is 0.212 e. The van der Waals surface area contributed by atoms with Gasteiger partial charge in [-0.3, -0.25) is 4.79 Å². The van der Waals surface area contributed by atoms with Gasteiger partial charge in [-0.2, -0.15) is 4.37 Å². The predicted molar refractivity (Wildman–Crippen MR) is 31.8 cm³/mol. The van der Waals surface area contributed by atoms with Crippen LogP contribution in [0.25, 0.3) is 0 Å². The zero-order valence-electron chi connectivity index (χ0n) is 4.00. The van der Waals surface area contributed by atoms with Crippen LogP contribution in [0.4, 0.5) is 5.00 Å². The van der Waals surface area contributed by atoms with E-state index in [1.807, 2.05) is 0 Å². The molecule has 0 aliphatic carbocycles. The van der Waals surface area contributed by atoms with Crippen LogP contribution in [0, 0.1) is 0 Å². The van der Waals surface area contributed by atoms with E-state index in [0.717, 1.165) is 5.00 Å². The minimum Gasteiger partial charge on any atom is -0.319 e. The Morgan fingerprint density at radius 3 is 3.25 bits per heavy atom. The highest BCUT2D eigenvalue weighted by Gasteiger charge is 1.86. The van der Waals surface area contributed by atoms with Crippen molar-refractivity contribution in [3.63, 3.8) is 0 Å². The Hall–Kier alpha value is -0.900. The summed E-state index contributed by atoms with van der Waals surface area (Å²) in [6, 6.07) is 1.74. The Balaban J connectivity index is 2.62. The molecule has 0 bridgehead atoms. The van der Waals surface area contributed by atoms with Crippen molar-refractivity contribution in [3.8, 4) is 0 Å². The summed E-state index contributed by atoms with van der Waals surface area (Å²) in [6.45, 7) is 0. The monoisotopic (exact) mass is 128 g/mol. The lowest BCUT2D eigenvalue weighted by molar-refractivity contribution is -0.105. The second kappa shape index (κ2) is 2.42. The van der Waals surface area contributed by atoms with Crippen LogP contribution >= 0.6 is 11.5 Å². The SMILES string of the molecule is O=CNc1ccns1. The van der Waals surface area contributed by atoms with E-state index in [4.69, 9.17) is 0 Å². The van der Waals surface area contributed by atoms with E-state index in [1.54, 1.807) is 12.3 Å². The number of carbonyl (C=O) groups is 1. The van der Waals surface area contributed by atoms with Gasteiger partial charge in [0.2, 0.25) is 6.41 Å². The lowest BCUT2D eigenvalue weighted by Crippen LogP contribution is -1.88. The lowest BCUT2D eigenvalue weighted by atomic mass is 10.7. The number of rotatable bonds is 2. The fourth-order valence-corrected chi connectivity index (χ4v) is 0.806. The minimum atomic E-state index is 0.632. The molecule has 0 fully saturated rings. The van der Waals surface area contributed by atoms with Gasteiger partial charge in [0.25, 0.3) is 0 Å². The van der Waals surface area contributed by atoms with E-state index in [9.17, 15) is 4.79 Å². The van der Waals surface area contributed by atoms with Gasteiger partial charge in [-0.25, -0.2) is 0 Å². The largest absolute Gasteiger partial charge is 0.319 e. The highest BCUT2D eigenvalue weighted by atomic mass is 32.1. The highest BCUT2D eigenvalue weighted by molar-refractivity contribution is 7.10. The third-order valence-electron chi connectivity index (χ3n) is 0.639. The average molecular weight is 128 g/mol. The summed E-state index contributed by atoms with van der Waals surface area (Å²) in [5.41, 5.74) is 0.